The van der Waals surface area contributed by atoms with E-state index in [9.17, 15) is 9.59 Å². The summed E-state index contributed by atoms with van der Waals surface area (Å²) in [6.07, 6.45) is 0. The molecule has 5 nitrogen and oxygen atoms in total. The smallest absolute Gasteiger partial charge is 0.308 e. The molecule has 0 unspecified atom stereocenters. The van der Waals surface area contributed by atoms with Crippen molar-refractivity contribution in [1.82, 2.24) is 10.2 Å². The van der Waals surface area contributed by atoms with E-state index in [0.717, 1.165) is 23.2 Å². The minimum Gasteiger partial charge on any atom is -0.308 e. The predicted molar refractivity (Wildman–Crippen MR) is 100 cm³/mol. The third kappa shape index (κ3) is 6.04. The zero-order valence-corrected chi connectivity index (χ0v) is 15.0. The Bertz CT molecular complexity index is 729. The molecular formula is C20H25N3O2. The number of nitrogens with one attached hydrogen (secondary N) is 2. The van der Waals surface area contributed by atoms with Crippen LogP contribution in [-0.4, -0.2) is 29.9 Å². The SMILES string of the molecule is CCN(CC(=O)NC(=O)Nc1ccc(C)c(C)c1)Cc1ccccc1. The summed E-state index contributed by atoms with van der Waals surface area (Å²) in [5.41, 5.74) is 4.05. The average molecular weight is 339 g/mol. The van der Waals surface area contributed by atoms with E-state index in [-0.39, 0.29) is 12.5 Å². The van der Waals surface area contributed by atoms with Crippen LogP contribution in [0.2, 0.25) is 0 Å². The van der Waals surface area contributed by atoms with Gasteiger partial charge in [0, 0.05) is 12.2 Å². The first kappa shape index (κ1) is 18.7. The quantitative estimate of drug-likeness (QED) is 0.847. The normalized spacial score (nSPS) is 10.6. The molecule has 0 spiro atoms. The van der Waals surface area contributed by atoms with E-state index in [0.29, 0.717) is 12.2 Å². The summed E-state index contributed by atoms with van der Waals surface area (Å²) in [6, 6.07) is 15.1. The van der Waals surface area contributed by atoms with Gasteiger partial charge in [-0.1, -0.05) is 43.3 Å². The third-order valence-corrected chi connectivity index (χ3v) is 4.08. The molecule has 2 aromatic rings. The van der Waals surface area contributed by atoms with Gasteiger partial charge in [0.2, 0.25) is 5.91 Å². The first-order chi connectivity index (χ1) is 12.0. The van der Waals surface area contributed by atoms with Crippen LogP contribution < -0.4 is 10.6 Å². The second-order valence-corrected chi connectivity index (χ2v) is 6.09. The minimum absolute atomic E-state index is 0.172. The summed E-state index contributed by atoms with van der Waals surface area (Å²) in [6.45, 7) is 7.54. The number of carbonyl (C=O) groups is 2. The van der Waals surface area contributed by atoms with Gasteiger partial charge in [-0.25, -0.2) is 4.79 Å². The Balaban J connectivity index is 1.85. The molecule has 0 aliphatic heterocycles. The van der Waals surface area contributed by atoms with Gasteiger partial charge < -0.3 is 5.32 Å². The number of likely N-dealkylation sites (N-methyl/N-ethyl adjacent to an activating group) is 1. The molecule has 132 valence electrons. The number of rotatable bonds is 6. The van der Waals surface area contributed by atoms with Gasteiger partial charge in [0.25, 0.3) is 0 Å². The Morgan fingerprint density at radius 2 is 1.72 bits per heavy atom. The molecule has 0 atom stereocenters. The maximum atomic E-state index is 12.1. The second-order valence-electron chi connectivity index (χ2n) is 6.09. The van der Waals surface area contributed by atoms with Crippen LogP contribution in [0.25, 0.3) is 0 Å². The van der Waals surface area contributed by atoms with E-state index in [1.165, 1.54) is 0 Å². The maximum Gasteiger partial charge on any atom is 0.325 e. The summed E-state index contributed by atoms with van der Waals surface area (Å²) < 4.78 is 0. The van der Waals surface area contributed by atoms with Gasteiger partial charge in [0.05, 0.1) is 6.54 Å². The molecule has 0 radical (unpaired) electrons. The average Bonchev–Trinajstić information content (AvgIpc) is 2.58. The molecule has 0 bridgehead atoms. The summed E-state index contributed by atoms with van der Waals surface area (Å²) in [5.74, 6) is -0.320. The summed E-state index contributed by atoms with van der Waals surface area (Å²) in [5, 5.41) is 5.07. The molecule has 0 fully saturated rings. The van der Waals surface area contributed by atoms with E-state index in [1.807, 2.05) is 74.2 Å². The number of hydrogen-bond donors (Lipinski definition) is 2. The van der Waals surface area contributed by atoms with Crippen LogP contribution in [0.15, 0.2) is 48.5 Å². The predicted octanol–water partition coefficient (Wildman–Crippen LogP) is 3.47. The highest BCUT2D eigenvalue weighted by Gasteiger charge is 2.13. The highest BCUT2D eigenvalue weighted by atomic mass is 16.2. The molecule has 3 amide bonds. The van der Waals surface area contributed by atoms with Gasteiger partial charge in [-0.3, -0.25) is 15.0 Å². The zero-order chi connectivity index (χ0) is 18.2. The zero-order valence-electron chi connectivity index (χ0n) is 15.0. The van der Waals surface area contributed by atoms with Gasteiger partial charge in [0.1, 0.15) is 0 Å². The monoisotopic (exact) mass is 339 g/mol. The van der Waals surface area contributed by atoms with Crippen LogP contribution in [0.3, 0.4) is 0 Å². The third-order valence-electron chi connectivity index (χ3n) is 4.08. The number of imide groups is 1. The van der Waals surface area contributed by atoms with Crippen molar-refractivity contribution in [3.63, 3.8) is 0 Å². The molecule has 0 saturated carbocycles. The lowest BCUT2D eigenvalue weighted by molar-refractivity contribution is -0.121. The Hall–Kier alpha value is -2.66. The fourth-order valence-electron chi connectivity index (χ4n) is 2.47. The van der Waals surface area contributed by atoms with Crippen molar-refractivity contribution in [2.45, 2.75) is 27.3 Å². The van der Waals surface area contributed by atoms with Gasteiger partial charge in [0.15, 0.2) is 0 Å². The first-order valence-electron chi connectivity index (χ1n) is 8.42. The van der Waals surface area contributed by atoms with Crippen molar-refractivity contribution in [1.29, 1.82) is 0 Å². The number of anilines is 1. The van der Waals surface area contributed by atoms with Crippen LogP contribution >= 0.6 is 0 Å². The molecule has 5 heteroatoms. The number of hydrogen-bond acceptors (Lipinski definition) is 3. The van der Waals surface area contributed by atoms with E-state index in [2.05, 4.69) is 10.6 Å². The van der Waals surface area contributed by atoms with Crippen molar-refractivity contribution in [2.75, 3.05) is 18.4 Å². The van der Waals surface area contributed by atoms with Crippen molar-refractivity contribution < 1.29 is 9.59 Å². The maximum absolute atomic E-state index is 12.1. The molecule has 0 saturated heterocycles. The number of aryl methyl sites for hydroxylation is 2. The van der Waals surface area contributed by atoms with Gasteiger partial charge in [-0.15, -0.1) is 0 Å². The van der Waals surface area contributed by atoms with Crippen molar-refractivity contribution in [3.05, 3.63) is 65.2 Å². The number of carbonyl (C=O) groups excluding carboxylic acids is 2. The molecule has 2 N–H and O–H groups in total. The standard InChI is InChI=1S/C20H25N3O2/c1-4-23(13-17-8-6-5-7-9-17)14-19(24)22-20(25)21-18-11-10-15(2)16(3)12-18/h5-12H,4,13-14H2,1-3H3,(H2,21,22,24,25). The lowest BCUT2D eigenvalue weighted by Gasteiger charge is -2.19. The van der Waals surface area contributed by atoms with Gasteiger partial charge >= 0.3 is 6.03 Å². The van der Waals surface area contributed by atoms with E-state index in [4.69, 9.17) is 0 Å². The van der Waals surface area contributed by atoms with Crippen LogP contribution in [0, 0.1) is 13.8 Å². The molecule has 2 rings (SSSR count). The summed E-state index contributed by atoms with van der Waals surface area (Å²) in [7, 11) is 0. The Morgan fingerprint density at radius 3 is 2.36 bits per heavy atom. The fourth-order valence-corrected chi connectivity index (χ4v) is 2.47. The number of benzene rings is 2. The van der Waals surface area contributed by atoms with Crippen molar-refractivity contribution in [2.24, 2.45) is 0 Å². The van der Waals surface area contributed by atoms with E-state index >= 15 is 0 Å². The molecular weight excluding hydrogens is 314 g/mol. The Kier molecular flexibility index (Phi) is 6.71. The molecule has 0 aromatic heterocycles. The molecule has 0 aliphatic rings. The topological polar surface area (TPSA) is 61.4 Å². The van der Waals surface area contributed by atoms with Crippen LogP contribution in [0.1, 0.15) is 23.6 Å². The van der Waals surface area contributed by atoms with E-state index < -0.39 is 6.03 Å². The van der Waals surface area contributed by atoms with Crippen LogP contribution in [0.5, 0.6) is 0 Å². The van der Waals surface area contributed by atoms with Gasteiger partial charge in [-0.2, -0.15) is 0 Å². The number of amides is 3. The summed E-state index contributed by atoms with van der Waals surface area (Å²) in [4.78, 5) is 26.1. The lowest BCUT2D eigenvalue weighted by Crippen LogP contribution is -2.41. The fraction of sp³-hybridized carbons (Fsp3) is 0.300. The van der Waals surface area contributed by atoms with Crippen LogP contribution in [0.4, 0.5) is 10.5 Å². The molecule has 2 aromatic carbocycles. The van der Waals surface area contributed by atoms with E-state index in [1.54, 1.807) is 0 Å². The number of nitrogens with zero attached hydrogens (tertiary/aromatic N) is 1. The van der Waals surface area contributed by atoms with Crippen molar-refractivity contribution in [3.8, 4) is 0 Å². The summed E-state index contributed by atoms with van der Waals surface area (Å²) >= 11 is 0. The molecule has 0 aliphatic carbocycles. The minimum atomic E-state index is -0.510. The highest BCUT2D eigenvalue weighted by Crippen LogP contribution is 2.13. The van der Waals surface area contributed by atoms with Gasteiger partial charge in [-0.05, 0) is 49.2 Å². The van der Waals surface area contributed by atoms with Crippen molar-refractivity contribution >= 4 is 17.6 Å². The molecule has 0 heterocycles. The Labute approximate surface area is 149 Å². The molecule has 25 heavy (non-hydrogen) atoms. The lowest BCUT2D eigenvalue weighted by atomic mass is 10.1. The van der Waals surface area contributed by atoms with Crippen LogP contribution in [-0.2, 0) is 11.3 Å². The largest absolute Gasteiger partial charge is 0.325 e. The first-order valence-corrected chi connectivity index (χ1v) is 8.42. The number of urea groups is 1. The highest BCUT2D eigenvalue weighted by molar-refractivity contribution is 6.01. The Morgan fingerprint density at radius 1 is 1.00 bits per heavy atom. The second kappa shape index (κ2) is 8.99.